The van der Waals surface area contributed by atoms with Crippen LogP contribution >= 0.6 is 0 Å². The first-order chi connectivity index (χ1) is 7.83. The Labute approximate surface area is 97.1 Å². The molecule has 0 N–H and O–H groups in total. The first-order valence-electron chi connectivity index (χ1n) is 6.60. The maximum atomic E-state index is 12.3. The van der Waals surface area contributed by atoms with Crippen molar-refractivity contribution >= 4 is 11.7 Å². The standard InChI is InChI=1S/C14H20O2/c15-10-12-8-4-5-9-13(12)14(16)11-6-2-1-3-7-11/h11,13H,1-9H2. The molecule has 0 aromatic heterocycles. The van der Waals surface area contributed by atoms with Crippen LogP contribution in [-0.2, 0) is 9.59 Å². The van der Waals surface area contributed by atoms with E-state index in [1.54, 1.807) is 0 Å². The van der Waals surface area contributed by atoms with Crippen LogP contribution in [0.15, 0.2) is 5.57 Å². The number of Topliss-reactive ketones (excluding diaryl/α,β-unsaturated/α-hetero) is 1. The molecule has 0 amide bonds. The highest BCUT2D eigenvalue weighted by molar-refractivity contribution is 5.88. The number of hydrogen-bond acceptors (Lipinski definition) is 2. The van der Waals surface area contributed by atoms with Crippen molar-refractivity contribution in [1.82, 2.24) is 0 Å². The van der Waals surface area contributed by atoms with Crippen molar-refractivity contribution in [2.75, 3.05) is 0 Å². The van der Waals surface area contributed by atoms with Crippen LogP contribution in [0, 0.1) is 11.8 Å². The number of allylic oxidation sites excluding steroid dienone is 1. The highest BCUT2D eigenvalue weighted by atomic mass is 16.1. The van der Waals surface area contributed by atoms with Crippen molar-refractivity contribution in [2.24, 2.45) is 11.8 Å². The normalized spacial score (nSPS) is 27.5. The molecule has 16 heavy (non-hydrogen) atoms. The molecule has 2 aliphatic carbocycles. The third kappa shape index (κ3) is 2.44. The van der Waals surface area contributed by atoms with Crippen LogP contribution in [0.25, 0.3) is 0 Å². The highest BCUT2D eigenvalue weighted by Crippen LogP contribution is 2.34. The Bertz CT molecular complexity index is 307. The SMILES string of the molecule is O=C=C1CCCCC1C(=O)C1CCCCC1. The molecule has 2 fully saturated rings. The lowest BCUT2D eigenvalue weighted by atomic mass is 9.75. The van der Waals surface area contributed by atoms with Gasteiger partial charge >= 0.3 is 0 Å². The second-order valence-electron chi connectivity index (χ2n) is 5.16. The third-order valence-corrected chi connectivity index (χ3v) is 4.09. The van der Waals surface area contributed by atoms with E-state index in [0.717, 1.165) is 44.1 Å². The number of rotatable bonds is 2. The number of carbonyl (C=O) groups excluding carboxylic acids is 2. The van der Waals surface area contributed by atoms with E-state index in [2.05, 4.69) is 0 Å². The molecule has 2 rings (SSSR count). The molecule has 88 valence electrons. The molecule has 0 bridgehead atoms. The molecule has 0 spiro atoms. The van der Waals surface area contributed by atoms with Gasteiger partial charge in [0.15, 0.2) is 0 Å². The van der Waals surface area contributed by atoms with Gasteiger partial charge in [0, 0.05) is 17.4 Å². The Kier molecular flexibility index (Phi) is 3.95. The lowest BCUT2D eigenvalue weighted by Gasteiger charge is -2.28. The summed E-state index contributed by atoms with van der Waals surface area (Å²) in [6.07, 6.45) is 9.56. The lowest BCUT2D eigenvalue weighted by molar-refractivity contribution is -0.127. The van der Waals surface area contributed by atoms with E-state index in [9.17, 15) is 9.59 Å². The van der Waals surface area contributed by atoms with Crippen LogP contribution in [0.1, 0.15) is 57.8 Å². The van der Waals surface area contributed by atoms with Crippen LogP contribution in [0.2, 0.25) is 0 Å². The van der Waals surface area contributed by atoms with Gasteiger partial charge in [0.25, 0.3) is 0 Å². The van der Waals surface area contributed by atoms with E-state index in [-0.39, 0.29) is 11.8 Å². The second-order valence-corrected chi connectivity index (χ2v) is 5.16. The maximum absolute atomic E-state index is 12.3. The van der Waals surface area contributed by atoms with Gasteiger partial charge in [-0.05, 0) is 32.1 Å². The van der Waals surface area contributed by atoms with Crippen molar-refractivity contribution in [3.63, 3.8) is 0 Å². The summed E-state index contributed by atoms with van der Waals surface area (Å²) in [5, 5.41) is 0. The molecule has 0 heterocycles. The molecule has 2 heteroatoms. The van der Waals surface area contributed by atoms with Gasteiger partial charge in [0.1, 0.15) is 11.7 Å². The number of hydrogen-bond donors (Lipinski definition) is 0. The molecular formula is C14H20O2. The van der Waals surface area contributed by atoms with E-state index in [0.29, 0.717) is 5.78 Å². The fraction of sp³-hybridized carbons (Fsp3) is 0.786. The fourth-order valence-electron chi connectivity index (χ4n) is 3.12. The molecule has 0 aromatic rings. The Morgan fingerprint density at radius 2 is 1.69 bits per heavy atom. The summed E-state index contributed by atoms with van der Waals surface area (Å²) in [5.74, 6) is 2.53. The molecule has 0 saturated heterocycles. The van der Waals surface area contributed by atoms with Gasteiger partial charge in [-0.15, -0.1) is 0 Å². The molecular weight excluding hydrogens is 200 g/mol. The molecule has 2 aliphatic rings. The maximum Gasteiger partial charge on any atom is 0.143 e. The zero-order valence-electron chi connectivity index (χ0n) is 9.84. The zero-order chi connectivity index (χ0) is 11.4. The van der Waals surface area contributed by atoms with Gasteiger partial charge in [-0.1, -0.05) is 25.7 Å². The molecule has 0 aromatic carbocycles. The van der Waals surface area contributed by atoms with Gasteiger partial charge in [0.05, 0.1) is 0 Å². The van der Waals surface area contributed by atoms with Gasteiger partial charge in [-0.25, -0.2) is 4.79 Å². The summed E-state index contributed by atoms with van der Waals surface area (Å²) in [7, 11) is 0. The molecule has 0 radical (unpaired) electrons. The van der Waals surface area contributed by atoms with Crippen molar-refractivity contribution in [2.45, 2.75) is 57.8 Å². The number of carbonyl (C=O) groups is 1. The van der Waals surface area contributed by atoms with E-state index < -0.39 is 0 Å². The average Bonchev–Trinajstić information content (AvgIpc) is 2.39. The van der Waals surface area contributed by atoms with Crippen molar-refractivity contribution in [3.8, 4) is 0 Å². The lowest BCUT2D eigenvalue weighted by Crippen LogP contribution is -2.28. The fourth-order valence-corrected chi connectivity index (χ4v) is 3.12. The van der Waals surface area contributed by atoms with Crippen molar-refractivity contribution in [3.05, 3.63) is 5.57 Å². The van der Waals surface area contributed by atoms with Crippen molar-refractivity contribution in [1.29, 1.82) is 0 Å². The first-order valence-corrected chi connectivity index (χ1v) is 6.60. The summed E-state index contributed by atoms with van der Waals surface area (Å²) in [5.41, 5.74) is 0.752. The molecule has 2 saturated carbocycles. The predicted octanol–water partition coefficient (Wildman–Crippen LogP) is 3.08. The zero-order valence-corrected chi connectivity index (χ0v) is 9.84. The Balaban J connectivity index is 2.04. The minimum Gasteiger partial charge on any atom is -0.299 e. The number of ketones is 1. The molecule has 1 atom stereocenters. The summed E-state index contributed by atoms with van der Waals surface area (Å²) in [6.45, 7) is 0. The Morgan fingerprint density at radius 1 is 1.00 bits per heavy atom. The van der Waals surface area contributed by atoms with Gasteiger partial charge in [0.2, 0.25) is 0 Å². The molecule has 1 unspecified atom stereocenters. The van der Waals surface area contributed by atoms with E-state index in [1.807, 2.05) is 5.94 Å². The predicted molar refractivity (Wildman–Crippen MR) is 62.7 cm³/mol. The molecule has 0 aliphatic heterocycles. The van der Waals surface area contributed by atoms with Gasteiger partial charge in [-0.3, -0.25) is 4.79 Å². The van der Waals surface area contributed by atoms with Crippen LogP contribution in [0.5, 0.6) is 0 Å². The minimum absolute atomic E-state index is 0.0747. The minimum atomic E-state index is -0.0747. The van der Waals surface area contributed by atoms with Gasteiger partial charge < -0.3 is 0 Å². The van der Waals surface area contributed by atoms with Crippen LogP contribution in [0.3, 0.4) is 0 Å². The summed E-state index contributed by atoms with van der Waals surface area (Å²) < 4.78 is 0. The third-order valence-electron chi connectivity index (χ3n) is 4.09. The first kappa shape index (κ1) is 11.6. The van der Waals surface area contributed by atoms with Crippen LogP contribution in [0.4, 0.5) is 0 Å². The van der Waals surface area contributed by atoms with E-state index in [1.165, 1.54) is 19.3 Å². The van der Waals surface area contributed by atoms with Crippen LogP contribution in [-0.4, -0.2) is 11.7 Å². The van der Waals surface area contributed by atoms with E-state index >= 15 is 0 Å². The Morgan fingerprint density at radius 3 is 2.38 bits per heavy atom. The Hall–Kier alpha value is -0.880. The summed E-state index contributed by atoms with van der Waals surface area (Å²) in [4.78, 5) is 23.2. The highest BCUT2D eigenvalue weighted by Gasteiger charge is 2.32. The molecule has 2 nitrogen and oxygen atoms in total. The second kappa shape index (κ2) is 5.45. The smallest absolute Gasteiger partial charge is 0.143 e. The monoisotopic (exact) mass is 220 g/mol. The van der Waals surface area contributed by atoms with E-state index in [4.69, 9.17) is 0 Å². The van der Waals surface area contributed by atoms with Gasteiger partial charge in [-0.2, -0.15) is 0 Å². The van der Waals surface area contributed by atoms with Crippen molar-refractivity contribution < 1.29 is 9.59 Å². The summed E-state index contributed by atoms with van der Waals surface area (Å²) >= 11 is 0. The largest absolute Gasteiger partial charge is 0.299 e. The van der Waals surface area contributed by atoms with Crippen LogP contribution < -0.4 is 0 Å². The quantitative estimate of drug-likeness (QED) is 0.670. The summed E-state index contributed by atoms with van der Waals surface area (Å²) in [6, 6.07) is 0. The topological polar surface area (TPSA) is 34.1 Å². The average molecular weight is 220 g/mol.